The Morgan fingerprint density at radius 2 is 1.26 bits per heavy atom. The van der Waals surface area contributed by atoms with Crippen LogP contribution in [0.15, 0.2) is 16.9 Å². The molecule has 8 nitrogen and oxygen atoms in total. The first-order chi connectivity index (χ1) is 19.0. The molecule has 0 amide bonds. The molecule has 0 atom stereocenters. The van der Waals surface area contributed by atoms with Crippen LogP contribution in [-0.2, 0) is 0 Å². The first-order valence-corrected chi connectivity index (χ1v) is 14.9. The largest absolute Gasteiger partial charge is 0.384 e. The molecule has 2 aromatic rings. The SMILES string of the molecule is C#CCO.Clc1ncc(Br)c(NC2CCCCCC2)n1.OCC#Cc1cnc(Cl)nc1NC1CCCCCC1. The summed E-state index contributed by atoms with van der Waals surface area (Å²) in [5.74, 6) is 8.94. The third-order valence-corrected chi connectivity index (χ3v) is 7.20. The summed E-state index contributed by atoms with van der Waals surface area (Å²) in [7, 11) is 0. The van der Waals surface area contributed by atoms with Crippen LogP contribution in [-0.4, -0.2) is 55.4 Å². The molecular weight excluding hydrogens is 603 g/mol. The third-order valence-electron chi connectivity index (χ3n) is 6.26. The number of rotatable bonds is 4. The van der Waals surface area contributed by atoms with Gasteiger partial charge in [-0.05, 0) is 64.8 Å². The lowest BCUT2D eigenvalue weighted by Gasteiger charge is -2.17. The highest BCUT2D eigenvalue weighted by Gasteiger charge is 2.15. The molecule has 0 bridgehead atoms. The molecule has 2 aromatic heterocycles. The number of aliphatic hydroxyl groups is 2. The standard InChI is InChI=1S/C14H18ClN3O.C11H15BrClN3.C3H4O/c15-14-16-10-11(6-5-9-19)13(18-14)17-12-7-3-1-2-4-8-12;12-9-7-14-11(13)16-10(9)15-8-5-3-1-2-4-6-8;1-2-3-4/h10,12,19H,1-4,7-9H2,(H,16,17,18);7-8H,1-6H2,(H,14,15,16);1,4H,3H2. The average Bonchev–Trinajstić information content (AvgIpc) is 3.36. The molecule has 0 unspecified atom stereocenters. The highest BCUT2D eigenvalue weighted by molar-refractivity contribution is 9.10. The molecule has 0 radical (unpaired) electrons. The molecule has 11 heteroatoms. The van der Waals surface area contributed by atoms with Crippen molar-refractivity contribution in [3.63, 3.8) is 0 Å². The van der Waals surface area contributed by atoms with Gasteiger partial charge in [0.05, 0.1) is 10.0 Å². The van der Waals surface area contributed by atoms with Crippen LogP contribution in [0, 0.1) is 24.2 Å². The second kappa shape index (κ2) is 19.8. The van der Waals surface area contributed by atoms with E-state index < -0.39 is 0 Å². The Kier molecular flexibility index (Phi) is 16.8. The van der Waals surface area contributed by atoms with E-state index in [4.69, 9.17) is 33.4 Å². The van der Waals surface area contributed by atoms with Crippen molar-refractivity contribution in [2.45, 2.75) is 89.1 Å². The van der Waals surface area contributed by atoms with Gasteiger partial charge in [0.1, 0.15) is 24.8 Å². The van der Waals surface area contributed by atoms with Crippen LogP contribution in [0.3, 0.4) is 0 Å². The van der Waals surface area contributed by atoms with Crippen LogP contribution in [0.25, 0.3) is 0 Å². The minimum Gasteiger partial charge on any atom is -0.384 e. The van der Waals surface area contributed by atoms with Gasteiger partial charge in [-0.25, -0.2) is 9.97 Å². The lowest BCUT2D eigenvalue weighted by atomic mass is 10.1. The van der Waals surface area contributed by atoms with Crippen LogP contribution in [0.5, 0.6) is 0 Å². The second-order valence-corrected chi connectivity index (χ2v) is 10.8. The fraction of sp³-hybridized carbons (Fsp3) is 0.571. The molecule has 4 N–H and O–H groups in total. The monoisotopic (exact) mass is 638 g/mol. The number of nitrogens with one attached hydrogen (secondary N) is 2. The molecule has 2 aliphatic carbocycles. The van der Waals surface area contributed by atoms with Gasteiger partial charge >= 0.3 is 0 Å². The number of terminal acetylenes is 1. The highest BCUT2D eigenvalue weighted by atomic mass is 79.9. The van der Waals surface area contributed by atoms with Gasteiger partial charge in [0.15, 0.2) is 0 Å². The summed E-state index contributed by atoms with van der Waals surface area (Å²) in [5.41, 5.74) is 0.683. The molecule has 212 valence electrons. The molecular formula is C28H37BrCl2N6O2. The second-order valence-electron chi connectivity index (χ2n) is 9.22. The van der Waals surface area contributed by atoms with Crippen LogP contribution in [0.4, 0.5) is 11.6 Å². The maximum atomic E-state index is 8.77. The topological polar surface area (TPSA) is 116 Å². The van der Waals surface area contributed by atoms with Crippen LogP contribution in [0.2, 0.25) is 10.6 Å². The normalized spacial score (nSPS) is 15.9. The van der Waals surface area contributed by atoms with E-state index in [0.717, 1.165) is 23.1 Å². The molecule has 39 heavy (non-hydrogen) atoms. The zero-order valence-corrected chi connectivity index (χ0v) is 25.2. The first kappa shape index (κ1) is 33.1. The Morgan fingerprint density at radius 1 is 0.795 bits per heavy atom. The minimum absolute atomic E-state index is 0.153. The molecule has 2 saturated carbocycles. The Balaban J connectivity index is 0.000000243. The fourth-order valence-corrected chi connectivity index (χ4v) is 4.95. The van der Waals surface area contributed by atoms with Crippen molar-refractivity contribution in [1.29, 1.82) is 0 Å². The summed E-state index contributed by atoms with van der Waals surface area (Å²) in [6, 6.07) is 0.938. The predicted molar refractivity (Wildman–Crippen MR) is 162 cm³/mol. The number of halogens is 3. The van der Waals surface area contributed by atoms with E-state index in [-0.39, 0.29) is 18.5 Å². The smallest absolute Gasteiger partial charge is 0.224 e. The average molecular weight is 640 g/mol. The third kappa shape index (κ3) is 13.7. The van der Waals surface area contributed by atoms with Crippen molar-refractivity contribution < 1.29 is 10.2 Å². The van der Waals surface area contributed by atoms with Gasteiger partial charge in [-0.15, -0.1) is 6.42 Å². The van der Waals surface area contributed by atoms with Gasteiger partial charge < -0.3 is 20.8 Å². The number of aliphatic hydroxyl groups excluding tert-OH is 2. The maximum Gasteiger partial charge on any atom is 0.224 e. The van der Waals surface area contributed by atoms with Crippen molar-refractivity contribution in [3.05, 3.63) is 33.0 Å². The van der Waals surface area contributed by atoms with Gasteiger partial charge in [0.25, 0.3) is 0 Å². The molecule has 0 aliphatic heterocycles. The Hall–Kier alpha value is -2.14. The van der Waals surface area contributed by atoms with Crippen LogP contribution in [0.1, 0.15) is 82.6 Å². The van der Waals surface area contributed by atoms with Crippen molar-refractivity contribution >= 4 is 50.8 Å². The Morgan fingerprint density at radius 3 is 1.74 bits per heavy atom. The van der Waals surface area contributed by atoms with Crippen LogP contribution < -0.4 is 10.6 Å². The summed E-state index contributed by atoms with van der Waals surface area (Å²) in [6.45, 7) is -0.328. The van der Waals surface area contributed by atoms with Gasteiger partial charge in [-0.3, -0.25) is 0 Å². The number of anilines is 2. The van der Waals surface area contributed by atoms with Gasteiger partial charge in [-0.2, -0.15) is 9.97 Å². The lowest BCUT2D eigenvalue weighted by Crippen LogP contribution is -2.20. The summed E-state index contributed by atoms with van der Waals surface area (Å²) in [6.07, 6.45) is 22.9. The van der Waals surface area contributed by atoms with Crippen molar-refractivity contribution in [2.24, 2.45) is 0 Å². The van der Waals surface area contributed by atoms with Crippen LogP contribution >= 0.6 is 39.1 Å². The lowest BCUT2D eigenvalue weighted by molar-refractivity contribution is 0.350. The van der Waals surface area contributed by atoms with E-state index in [1.54, 1.807) is 12.4 Å². The van der Waals surface area contributed by atoms with Crippen molar-refractivity contribution in [2.75, 3.05) is 23.8 Å². The summed E-state index contributed by atoms with van der Waals surface area (Å²) < 4.78 is 0.876. The quantitative estimate of drug-likeness (QED) is 0.176. The zero-order chi connectivity index (χ0) is 28.3. The zero-order valence-electron chi connectivity index (χ0n) is 22.1. The van der Waals surface area contributed by atoms with Crippen molar-refractivity contribution in [1.82, 2.24) is 19.9 Å². The first-order valence-electron chi connectivity index (χ1n) is 13.3. The Bertz CT molecular complexity index is 1090. The molecule has 2 aliphatic rings. The summed E-state index contributed by atoms with van der Waals surface area (Å²) in [4.78, 5) is 16.3. The summed E-state index contributed by atoms with van der Waals surface area (Å²) in [5, 5.41) is 23.8. The molecule has 4 rings (SSSR count). The number of nitrogens with zero attached hydrogens (tertiary/aromatic N) is 4. The molecule has 2 fully saturated rings. The predicted octanol–water partition coefficient (Wildman–Crippen LogP) is 6.25. The molecule has 0 saturated heterocycles. The van der Waals surface area contributed by atoms with E-state index in [1.165, 1.54) is 64.2 Å². The van der Waals surface area contributed by atoms with Crippen molar-refractivity contribution in [3.8, 4) is 24.2 Å². The summed E-state index contributed by atoms with van der Waals surface area (Å²) >= 11 is 15.1. The van der Waals surface area contributed by atoms with Gasteiger partial charge in [0.2, 0.25) is 10.6 Å². The van der Waals surface area contributed by atoms with Gasteiger partial charge in [-0.1, -0.05) is 69.1 Å². The maximum absolute atomic E-state index is 8.77. The Labute approximate surface area is 250 Å². The number of aromatic nitrogens is 4. The molecule has 0 aromatic carbocycles. The minimum atomic E-state index is -0.175. The van der Waals surface area contributed by atoms with E-state index >= 15 is 0 Å². The van der Waals surface area contributed by atoms with E-state index in [0.29, 0.717) is 28.7 Å². The number of hydrogen-bond donors (Lipinski definition) is 4. The van der Waals surface area contributed by atoms with E-state index in [9.17, 15) is 0 Å². The molecule has 0 spiro atoms. The number of hydrogen-bond acceptors (Lipinski definition) is 8. The van der Waals surface area contributed by atoms with E-state index in [1.807, 2.05) is 5.92 Å². The highest BCUT2D eigenvalue weighted by Crippen LogP contribution is 2.25. The van der Waals surface area contributed by atoms with Gasteiger partial charge in [0, 0.05) is 24.5 Å². The van der Waals surface area contributed by atoms with E-state index in [2.05, 4.69) is 64.8 Å². The molecule has 2 heterocycles. The fourth-order valence-electron chi connectivity index (χ4n) is 4.38.